The summed E-state index contributed by atoms with van der Waals surface area (Å²) >= 11 is 1.34. The molecule has 0 radical (unpaired) electrons. The first-order chi connectivity index (χ1) is 11.5. The minimum atomic E-state index is -0.289. The van der Waals surface area contributed by atoms with Gasteiger partial charge in [0.25, 0.3) is 5.91 Å². The second-order valence-corrected chi connectivity index (χ2v) is 6.27. The molecule has 2 aromatic carbocycles. The molecule has 0 saturated carbocycles. The Morgan fingerprint density at radius 2 is 1.83 bits per heavy atom. The first kappa shape index (κ1) is 16.1. The predicted octanol–water partition coefficient (Wildman–Crippen LogP) is 4.27. The van der Waals surface area contributed by atoms with E-state index < -0.39 is 0 Å². The molecule has 1 amide bonds. The van der Waals surface area contributed by atoms with Gasteiger partial charge in [-0.2, -0.15) is 0 Å². The van der Waals surface area contributed by atoms with Gasteiger partial charge in [-0.3, -0.25) is 10.1 Å². The minimum absolute atomic E-state index is 0.209. The molecule has 4 nitrogen and oxygen atoms in total. The second kappa shape index (κ2) is 6.80. The maximum Gasteiger partial charge on any atom is 0.259 e. The molecule has 0 unspecified atom stereocenters. The SMILES string of the molecule is CN(C)c1ccccc1C(=O)Nc1nc(-c2ccc(F)cc2)cs1. The van der Waals surface area contributed by atoms with Crippen LogP contribution in [0.4, 0.5) is 15.2 Å². The molecule has 0 saturated heterocycles. The highest BCUT2D eigenvalue weighted by Crippen LogP contribution is 2.26. The fourth-order valence-corrected chi connectivity index (χ4v) is 3.02. The van der Waals surface area contributed by atoms with Crippen molar-refractivity contribution in [2.75, 3.05) is 24.3 Å². The standard InChI is InChI=1S/C18H16FN3OS/c1-22(2)16-6-4-3-5-14(16)17(23)21-18-20-15(11-24-18)12-7-9-13(19)10-8-12/h3-11H,1-2H3,(H,20,21,23). The molecule has 1 aromatic heterocycles. The van der Waals surface area contributed by atoms with Crippen molar-refractivity contribution in [2.45, 2.75) is 0 Å². The predicted molar refractivity (Wildman–Crippen MR) is 96.2 cm³/mol. The van der Waals surface area contributed by atoms with Crippen molar-refractivity contribution in [1.82, 2.24) is 4.98 Å². The molecule has 24 heavy (non-hydrogen) atoms. The van der Waals surface area contributed by atoms with Crippen molar-refractivity contribution < 1.29 is 9.18 Å². The summed E-state index contributed by atoms with van der Waals surface area (Å²) in [5.41, 5.74) is 2.93. The van der Waals surface area contributed by atoms with E-state index in [9.17, 15) is 9.18 Å². The fraction of sp³-hybridized carbons (Fsp3) is 0.111. The third-order valence-corrected chi connectivity index (χ3v) is 4.25. The van der Waals surface area contributed by atoms with Gasteiger partial charge in [0, 0.05) is 30.7 Å². The third-order valence-electron chi connectivity index (χ3n) is 3.50. The third kappa shape index (κ3) is 3.44. The number of rotatable bonds is 4. The number of nitrogens with zero attached hydrogens (tertiary/aromatic N) is 2. The Morgan fingerprint density at radius 1 is 1.12 bits per heavy atom. The number of benzene rings is 2. The number of anilines is 2. The molecule has 0 aliphatic carbocycles. The molecule has 6 heteroatoms. The molecule has 0 aliphatic heterocycles. The van der Waals surface area contributed by atoms with E-state index in [0.717, 1.165) is 11.3 Å². The number of thiazole rings is 1. The van der Waals surface area contributed by atoms with Crippen molar-refractivity contribution in [1.29, 1.82) is 0 Å². The van der Waals surface area contributed by atoms with E-state index in [-0.39, 0.29) is 11.7 Å². The summed E-state index contributed by atoms with van der Waals surface area (Å²) in [5.74, 6) is -0.498. The van der Waals surface area contributed by atoms with Gasteiger partial charge in [-0.25, -0.2) is 9.37 Å². The fourth-order valence-electron chi connectivity index (χ4n) is 2.30. The van der Waals surface area contributed by atoms with Crippen LogP contribution in [0.1, 0.15) is 10.4 Å². The van der Waals surface area contributed by atoms with Gasteiger partial charge in [0.2, 0.25) is 0 Å². The summed E-state index contributed by atoms with van der Waals surface area (Å²) in [5, 5.41) is 5.16. The zero-order valence-electron chi connectivity index (χ0n) is 13.3. The summed E-state index contributed by atoms with van der Waals surface area (Å²) < 4.78 is 13.0. The molecular weight excluding hydrogens is 325 g/mol. The monoisotopic (exact) mass is 341 g/mol. The lowest BCUT2D eigenvalue weighted by atomic mass is 10.1. The second-order valence-electron chi connectivity index (χ2n) is 5.41. The van der Waals surface area contributed by atoms with Gasteiger partial charge in [-0.1, -0.05) is 12.1 Å². The molecule has 3 rings (SSSR count). The summed E-state index contributed by atoms with van der Waals surface area (Å²) in [6.45, 7) is 0. The Balaban J connectivity index is 1.80. The van der Waals surface area contributed by atoms with Gasteiger partial charge in [0.1, 0.15) is 5.82 Å². The lowest BCUT2D eigenvalue weighted by Crippen LogP contribution is -2.18. The molecule has 0 spiro atoms. The van der Waals surface area contributed by atoms with Crippen LogP contribution in [0.3, 0.4) is 0 Å². The molecule has 122 valence electrons. The molecule has 0 atom stereocenters. The van der Waals surface area contributed by atoms with E-state index in [4.69, 9.17) is 0 Å². The van der Waals surface area contributed by atoms with E-state index in [1.54, 1.807) is 18.2 Å². The average Bonchev–Trinajstić information content (AvgIpc) is 3.04. The van der Waals surface area contributed by atoms with Crippen LogP contribution in [0, 0.1) is 5.82 Å². The number of hydrogen-bond donors (Lipinski definition) is 1. The number of amides is 1. The quantitative estimate of drug-likeness (QED) is 0.771. The van der Waals surface area contributed by atoms with Crippen LogP contribution in [-0.2, 0) is 0 Å². The lowest BCUT2D eigenvalue weighted by molar-refractivity contribution is 0.102. The van der Waals surface area contributed by atoms with Crippen LogP contribution in [0.5, 0.6) is 0 Å². The molecule has 0 bridgehead atoms. The highest BCUT2D eigenvalue weighted by molar-refractivity contribution is 7.14. The van der Waals surface area contributed by atoms with Gasteiger partial charge >= 0.3 is 0 Å². The van der Waals surface area contributed by atoms with Crippen LogP contribution in [0.2, 0.25) is 0 Å². The number of carbonyl (C=O) groups excluding carboxylic acids is 1. The summed E-state index contributed by atoms with van der Waals surface area (Å²) in [7, 11) is 3.78. The van der Waals surface area contributed by atoms with Crippen molar-refractivity contribution in [3.63, 3.8) is 0 Å². The van der Waals surface area contributed by atoms with Crippen molar-refractivity contribution in [2.24, 2.45) is 0 Å². The number of halogens is 1. The molecule has 1 heterocycles. The number of para-hydroxylation sites is 1. The van der Waals surface area contributed by atoms with Crippen molar-refractivity contribution in [3.05, 3.63) is 65.3 Å². The first-order valence-electron chi connectivity index (χ1n) is 7.34. The summed E-state index contributed by atoms with van der Waals surface area (Å²) in [6, 6.07) is 13.5. The number of carbonyl (C=O) groups is 1. The Labute approximate surface area is 143 Å². The van der Waals surface area contributed by atoms with E-state index in [2.05, 4.69) is 10.3 Å². The van der Waals surface area contributed by atoms with Gasteiger partial charge in [-0.15, -0.1) is 11.3 Å². The first-order valence-corrected chi connectivity index (χ1v) is 8.22. The van der Waals surface area contributed by atoms with Gasteiger partial charge < -0.3 is 4.90 Å². The maximum atomic E-state index is 13.0. The van der Waals surface area contributed by atoms with Crippen LogP contribution in [0.15, 0.2) is 53.9 Å². The van der Waals surface area contributed by atoms with Crippen molar-refractivity contribution >= 4 is 28.1 Å². The smallest absolute Gasteiger partial charge is 0.259 e. The Bertz CT molecular complexity index is 859. The van der Waals surface area contributed by atoms with Crippen molar-refractivity contribution in [3.8, 4) is 11.3 Å². The van der Waals surface area contributed by atoms with E-state index in [1.807, 2.05) is 42.6 Å². The van der Waals surface area contributed by atoms with Gasteiger partial charge in [-0.05, 0) is 36.4 Å². The van der Waals surface area contributed by atoms with E-state index in [0.29, 0.717) is 16.4 Å². The highest BCUT2D eigenvalue weighted by Gasteiger charge is 2.14. The Morgan fingerprint density at radius 3 is 2.54 bits per heavy atom. The van der Waals surface area contributed by atoms with Crippen LogP contribution in [0.25, 0.3) is 11.3 Å². The van der Waals surface area contributed by atoms with Crippen LogP contribution in [-0.4, -0.2) is 25.0 Å². The summed E-state index contributed by atoms with van der Waals surface area (Å²) in [6.07, 6.45) is 0. The van der Waals surface area contributed by atoms with Crippen LogP contribution >= 0.6 is 11.3 Å². The molecule has 0 aliphatic rings. The largest absolute Gasteiger partial charge is 0.377 e. The zero-order chi connectivity index (χ0) is 17.1. The molecule has 1 N–H and O–H groups in total. The zero-order valence-corrected chi connectivity index (χ0v) is 14.1. The summed E-state index contributed by atoms with van der Waals surface area (Å²) in [4.78, 5) is 18.8. The van der Waals surface area contributed by atoms with Crippen LogP contribution < -0.4 is 10.2 Å². The van der Waals surface area contributed by atoms with E-state index in [1.165, 1.54) is 23.5 Å². The molecule has 0 fully saturated rings. The van der Waals surface area contributed by atoms with E-state index >= 15 is 0 Å². The molecule has 3 aromatic rings. The Kier molecular flexibility index (Phi) is 4.57. The van der Waals surface area contributed by atoms with Gasteiger partial charge in [0.05, 0.1) is 11.3 Å². The average molecular weight is 341 g/mol. The molecular formula is C18H16FN3OS. The number of hydrogen-bond acceptors (Lipinski definition) is 4. The van der Waals surface area contributed by atoms with Gasteiger partial charge in [0.15, 0.2) is 5.13 Å². The maximum absolute atomic E-state index is 13.0. The Hall–Kier alpha value is -2.73. The number of aromatic nitrogens is 1. The number of nitrogens with one attached hydrogen (secondary N) is 1. The minimum Gasteiger partial charge on any atom is -0.377 e. The topological polar surface area (TPSA) is 45.2 Å². The normalized spacial score (nSPS) is 10.5. The highest BCUT2D eigenvalue weighted by atomic mass is 32.1. The lowest BCUT2D eigenvalue weighted by Gasteiger charge is -2.16.